The number of hydrogen-bond acceptors (Lipinski definition) is 5. The fourth-order valence-electron chi connectivity index (χ4n) is 4.33. The summed E-state index contributed by atoms with van der Waals surface area (Å²) in [5.41, 5.74) is 3.45. The van der Waals surface area contributed by atoms with Gasteiger partial charge in [0.25, 0.3) is 0 Å². The Morgan fingerprint density at radius 1 is 1.18 bits per heavy atom. The molecule has 8 heteroatoms. The normalized spacial score (nSPS) is 15.7. The molecule has 5 rings (SSSR count). The first-order valence-corrected chi connectivity index (χ1v) is 11.0. The number of rotatable bonds is 5. The van der Waals surface area contributed by atoms with Gasteiger partial charge in [0, 0.05) is 24.9 Å². The predicted molar refractivity (Wildman–Crippen MR) is 124 cm³/mol. The molecule has 0 N–H and O–H groups in total. The first kappa shape index (κ1) is 21.1. The number of nitrogens with zero attached hydrogens (tertiary/aromatic N) is 6. The number of aromatic nitrogens is 6. The number of pyridine rings is 1. The third-order valence-corrected chi connectivity index (χ3v) is 6.03. The Morgan fingerprint density at radius 2 is 2.06 bits per heavy atom. The molecule has 0 fully saturated rings. The van der Waals surface area contributed by atoms with E-state index >= 15 is 0 Å². The molecule has 0 amide bonds. The number of halogens is 1. The number of methoxy groups -OCH3 is 1. The van der Waals surface area contributed by atoms with Gasteiger partial charge in [0.1, 0.15) is 18.0 Å². The molecule has 0 bridgehead atoms. The van der Waals surface area contributed by atoms with Crippen molar-refractivity contribution < 1.29 is 9.13 Å². The van der Waals surface area contributed by atoms with E-state index < -0.39 is 0 Å². The van der Waals surface area contributed by atoms with Crippen LogP contribution in [-0.4, -0.2) is 36.4 Å². The molecule has 0 saturated carbocycles. The van der Waals surface area contributed by atoms with Gasteiger partial charge in [0.15, 0.2) is 17.4 Å². The van der Waals surface area contributed by atoms with Gasteiger partial charge in [0.2, 0.25) is 0 Å². The summed E-state index contributed by atoms with van der Waals surface area (Å²) in [5, 5.41) is 4.67. The predicted octanol–water partition coefficient (Wildman–Crippen LogP) is 4.72. The second-order valence-electron chi connectivity index (χ2n) is 8.25. The fourth-order valence-corrected chi connectivity index (χ4v) is 4.33. The Labute approximate surface area is 191 Å². The van der Waals surface area contributed by atoms with Gasteiger partial charge < -0.3 is 4.74 Å². The Morgan fingerprint density at radius 3 is 2.85 bits per heavy atom. The van der Waals surface area contributed by atoms with E-state index in [9.17, 15) is 4.39 Å². The molecule has 0 radical (unpaired) electrons. The van der Waals surface area contributed by atoms with Crippen LogP contribution in [0.4, 0.5) is 4.39 Å². The highest BCUT2D eigenvalue weighted by molar-refractivity contribution is 5.67. The van der Waals surface area contributed by atoms with E-state index in [2.05, 4.69) is 15.1 Å². The second kappa shape index (κ2) is 8.61. The van der Waals surface area contributed by atoms with Gasteiger partial charge in [-0.15, -0.1) is 0 Å². The van der Waals surface area contributed by atoms with E-state index in [0.29, 0.717) is 23.0 Å². The smallest absolute Gasteiger partial charge is 0.180 e. The van der Waals surface area contributed by atoms with Gasteiger partial charge in [-0.1, -0.05) is 12.1 Å². The Bertz CT molecular complexity index is 1340. The van der Waals surface area contributed by atoms with Crippen molar-refractivity contribution in [1.29, 1.82) is 0 Å². The number of benzene rings is 1. The van der Waals surface area contributed by atoms with Crippen LogP contribution < -0.4 is 4.74 Å². The minimum absolute atomic E-state index is 0.0452. The van der Waals surface area contributed by atoms with E-state index in [0.717, 1.165) is 42.0 Å². The van der Waals surface area contributed by atoms with Crippen molar-refractivity contribution in [3.63, 3.8) is 0 Å². The van der Waals surface area contributed by atoms with Gasteiger partial charge in [-0.3, -0.25) is 4.57 Å². The second-order valence-corrected chi connectivity index (χ2v) is 8.25. The van der Waals surface area contributed by atoms with Gasteiger partial charge in [-0.05, 0) is 67.7 Å². The minimum Gasteiger partial charge on any atom is -0.493 e. The largest absolute Gasteiger partial charge is 0.493 e. The van der Waals surface area contributed by atoms with E-state index in [1.807, 2.05) is 53.6 Å². The van der Waals surface area contributed by atoms with Crippen LogP contribution >= 0.6 is 0 Å². The van der Waals surface area contributed by atoms with E-state index in [-0.39, 0.29) is 11.7 Å². The average molecular weight is 445 g/mol. The van der Waals surface area contributed by atoms with E-state index in [1.54, 1.807) is 25.7 Å². The molecule has 1 aliphatic rings. The zero-order valence-electron chi connectivity index (χ0n) is 18.9. The highest BCUT2D eigenvalue weighted by atomic mass is 19.1. The van der Waals surface area contributed by atoms with Crippen LogP contribution in [0.2, 0.25) is 0 Å². The molecule has 1 atom stereocenters. The van der Waals surface area contributed by atoms with Gasteiger partial charge in [-0.2, -0.15) is 5.10 Å². The summed E-state index contributed by atoms with van der Waals surface area (Å²) in [6.45, 7) is 4.57. The molecule has 7 nitrogen and oxygen atoms in total. The highest BCUT2D eigenvalue weighted by Crippen LogP contribution is 2.34. The zero-order chi connectivity index (χ0) is 22.9. The number of fused-ring (bicyclic) bond motifs is 1. The lowest BCUT2D eigenvalue weighted by Crippen LogP contribution is -2.18. The Kier molecular flexibility index (Phi) is 5.50. The maximum Gasteiger partial charge on any atom is 0.180 e. The van der Waals surface area contributed by atoms with Crippen molar-refractivity contribution in [3.05, 3.63) is 82.8 Å². The number of hydrogen-bond donors (Lipinski definition) is 0. The molecule has 0 saturated heterocycles. The quantitative estimate of drug-likeness (QED) is 0.446. The fraction of sp³-hybridized carbons (Fsp3) is 0.280. The molecular formula is C25H25FN6O. The molecular weight excluding hydrogens is 419 g/mol. The number of imidazole rings is 1. The summed E-state index contributed by atoms with van der Waals surface area (Å²) in [6, 6.07) is 7.18. The number of aryl methyl sites for hydroxylation is 2. The van der Waals surface area contributed by atoms with Crippen LogP contribution in [0, 0.1) is 19.7 Å². The van der Waals surface area contributed by atoms with Gasteiger partial charge in [0.05, 0.1) is 12.8 Å². The zero-order valence-corrected chi connectivity index (χ0v) is 18.9. The maximum absolute atomic E-state index is 14.1. The molecule has 4 heterocycles. The molecule has 0 aliphatic carbocycles. The maximum atomic E-state index is 14.1. The minimum atomic E-state index is -0.181. The molecule has 0 spiro atoms. The molecule has 33 heavy (non-hydrogen) atoms. The molecule has 4 aromatic rings. The van der Waals surface area contributed by atoms with Gasteiger partial charge >= 0.3 is 0 Å². The van der Waals surface area contributed by atoms with Crippen LogP contribution in [-0.2, 0) is 6.54 Å². The highest BCUT2D eigenvalue weighted by Gasteiger charge is 2.27. The van der Waals surface area contributed by atoms with E-state index in [1.165, 1.54) is 6.07 Å². The van der Waals surface area contributed by atoms with Crippen molar-refractivity contribution in [1.82, 2.24) is 29.3 Å². The summed E-state index contributed by atoms with van der Waals surface area (Å²) < 4.78 is 23.5. The third kappa shape index (κ3) is 4.04. The van der Waals surface area contributed by atoms with Crippen molar-refractivity contribution in [2.45, 2.75) is 39.2 Å². The topological polar surface area (TPSA) is 70.7 Å². The summed E-state index contributed by atoms with van der Waals surface area (Å²) in [6.07, 6.45) is 11.1. The average Bonchev–Trinajstić information content (AvgIpc) is 3.45. The Balaban J connectivity index is 1.42. The lowest BCUT2D eigenvalue weighted by molar-refractivity contribution is 0.410. The molecule has 168 valence electrons. The standard InChI is InChI=1S/C25H25FN6O/c1-16-14-31(15-28-16)25-22(33-3)12-18(13-27-25)9-10-23-29-24-20(7-5-11-32(24)30-23)19-6-4-8-21(26)17(19)2/h4,6,8-10,12-15,20H,5,7,11H2,1-3H3/b10-9+/t20-/m0/s1. The molecule has 0 unspecified atom stereocenters. The SMILES string of the molecule is COc1cc(/C=C/c2nc3n(n2)CCC[C@H]3c2cccc(F)c2C)cnc1-n1cnc(C)c1. The summed E-state index contributed by atoms with van der Waals surface area (Å²) in [5.74, 6) is 2.70. The van der Waals surface area contributed by atoms with Crippen LogP contribution in [0.15, 0.2) is 43.0 Å². The van der Waals surface area contributed by atoms with Crippen LogP contribution in [0.25, 0.3) is 18.0 Å². The van der Waals surface area contributed by atoms with Crippen LogP contribution in [0.5, 0.6) is 5.75 Å². The van der Waals surface area contributed by atoms with Crippen LogP contribution in [0.3, 0.4) is 0 Å². The summed E-state index contributed by atoms with van der Waals surface area (Å²) in [7, 11) is 1.62. The molecule has 1 aromatic carbocycles. The molecule has 3 aromatic heterocycles. The summed E-state index contributed by atoms with van der Waals surface area (Å²) >= 11 is 0. The first-order chi connectivity index (χ1) is 16.0. The first-order valence-electron chi connectivity index (χ1n) is 11.0. The van der Waals surface area contributed by atoms with Crippen molar-refractivity contribution in [2.75, 3.05) is 7.11 Å². The summed E-state index contributed by atoms with van der Waals surface area (Å²) in [4.78, 5) is 13.6. The monoisotopic (exact) mass is 444 g/mol. The molecule has 1 aliphatic heterocycles. The van der Waals surface area contributed by atoms with Crippen molar-refractivity contribution in [3.8, 4) is 11.6 Å². The van der Waals surface area contributed by atoms with Crippen LogP contribution in [0.1, 0.15) is 52.8 Å². The lowest BCUT2D eigenvalue weighted by Gasteiger charge is -2.23. The Hall–Kier alpha value is -3.81. The third-order valence-electron chi connectivity index (χ3n) is 6.03. The number of ether oxygens (including phenoxy) is 1. The van der Waals surface area contributed by atoms with Crippen molar-refractivity contribution >= 4 is 12.2 Å². The lowest BCUT2D eigenvalue weighted by atomic mass is 9.88. The van der Waals surface area contributed by atoms with Gasteiger partial charge in [-0.25, -0.2) is 24.0 Å². The van der Waals surface area contributed by atoms with E-state index in [4.69, 9.17) is 9.72 Å². The van der Waals surface area contributed by atoms with Crippen molar-refractivity contribution in [2.24, 2.45) is 0 Å².